The maximum atomic E-state index is 11.4. The van der Waals surface area contributed by atoms with Crippen molar-refractivity contribution in [3.8, 4) is 0 Å². The predicted molar refractivity (Wildman–Crippen MR) is 126 cm³/mol. The van der Waals surface area contributed by atoms with Gasteiger partial charge in [-0.25, -0.2) is 0 Å². The first-order valence-electron chi connectivity index (χ1n) is 11.1. The predicted octanol–water partition coefficient (Wildman–Crippen LogP) is 3.88. The minimum atomic E-state index is -0.457. The molecule has 0 aliphatic carbocycles. The summed E-state index contributed by atoms with van der Waals surface area (Å²) in [5.74, 6) is -1.03. The third-order valence-corrected chi connectivity index (χ3v) is 4.79. The summed E-state index contributed by atoms with van der Waals surface area (Å²) in [6.07, 6.45) is 3.00. The Bertz CT molecular complexity index is 467. The summed E-state index contributed by atoms with van der Waals surface area (Å²) in [7, 11) is 2.57. The summed E-state index contributed by atoms with van der Waals surface area (Å²) in [5, 5.41) is 15.8. The van der Waals surface area contributed by atoms with Gasteiger partial charge in [0.15, 0.2) is 0 Å². The largest absolute Gasteiger partial charge is 0.469 e. The van der Waals surface area contributed by atoms with E-state index in [1.54, 1.807) is 0 Å². The molecule has 0 saturated heterocycles. The van der Waals surface area contributed by atoms with Crippen molar-refractivity contribution in [2.75, 3.05) is 27.4 Å². The summed E-state index contributed by atoms with van der Waals surface area (Å²) < 4.78 is 8.80. The van der Waals surface area contributed by atoms with Crippen LogP contribution in [0.1, 0.15) is 93.9 Å². The molecule has 0 bridgehead atoms. The summed E-state index contributed by atoms with van der Waals surface area (Å²) in [6.45, 7) is 15.7. The molecule has 0 amide bonds. The van der Waals surface area contributed by atoms with Crippen molar-refractivity contribution < 1.29 is 65.1 Å². The molecular weight excluding hydrogens is 507 g/mol. The first-order valence-corrected chi connectivity index (χ1v) is 11.1. The molecule has 196 valence electrons. The Hall–Kier alpha value is -0.917. The Morgan fingerprint density at radius 1 is 0.636 bits per heavy atom. The average Bonchev–Trinajstić information content (AvgIpc) is 2.79. The van der Waals surface area contributed by atoms with Gasteiger partial charge in [0, 0.05) is 50.2 Å². The molecule has 8 nitrogen and oxygen atoms in total. The van der Waals surface area contributed by atoms with Crippen LogP contribution in [0.3, 0.4) is 0 Å². The number of esters is 2. The molecule has 33 heavy (non-hydrogen) atoms. The van der Waals surface area contributed by atoms with Crippen LogP contribution in [0.15, 0.2) is 0 Å². The van der Waals surface area contributed by atoms with Crippen LogP contribution in [-0.4, -0.2) is 61.2 Å². The molecule has 0 saturated carbocycles. The van der Waals surface area contributed by atoms with Crippen LogP contribution in [0.5, 0.6) is 0 Å². The topological polar surface area (TPSA) is 127 Å². The van der Waals surface area contributed by atoms with E-state index in [0.29, 0.717) is 13.2 Å². The van der Waals surface area contributed by atoms with E-state index in [-0.39, 0.29) is 50.6 Å². The van der Waals surface area contributed by atoms with Gasteiger partial charge in [0.25, 0.3) is 0 Å². The number of hydrogen-bond acceptors (Lipinski definition) is 8. The van der Waals surface area contributed by atoms with Gasteiger partial charge in [-0.3, -0.25) is 19.2 Å². The van der Waals surface area contributed by atoms with Crippen LogP contribution in [0.25, 0.3) is 0 Å². The Labute approximate surface area is 220 Å². The molecule has 2 N–H and O–H groups in total. The van der Waals surface area contributed by atoms with Gasteiger partial charge in [0.1, 0.15) is 24.4 Å². The van der Waals surface area contributed by atoms with E-state index in [0.717, 1.165) is 25.7 Å². The second-order valence-electron chi connectivity index (χ2n) is 8.27. The van der Waals surface area contributed by atoms with Crippen LogP contribution in [0.2, 0.25) is 0 Å². The van der Waals surface area contributed by atoms with Gasteiger partial charge >= 0.3 is 11.9 Å². The maximum Gasteiger partial charge on any atom is 0.313 e. The monoisotopic (exact) mass is 554 g/mol. The van der Waals surface area contributed by atoms with E-state index >= 15 is 0 Å². The number of methoxy groups -OCH3 is 2. The van der Waals surface area contributed by atoms with Crippen LogP contribution >= 0.6 is 0 Å². The molecule has 0 unspecified atom stereocenters. The molecule has 0 atom stereocenters. The van der Waals surface area contributed by atoms with Crippen molar-refractivity contribution in [1.82, 2.24) is 0 Å². The normalized spacial score (nSPS) is 9.82. The number of aliphatic hydroxyl groups excluding tert-OH is 2. The van der Waals surface area contributed by atoms with Gasteiger partial charge in [-0.1, -0.05) is 55.4 Å². The van der Waals surface area contributed by atoms with E-state index in [2.05, 4.69) is 9.47 Å². The summed E-state index contributed by atoms with van der Waals surface area (Å²) in [4.78, 5) is 44.2. The number of rotatable bonds is 10. The fourth-order valence-electron chi connectivity index (χ4n) is 1.28. The number of hydrogen-bond donors (Lipinski definition) is 2. The zero-order chi connectivity index (χ0) is 26.4. The molecule has 0 rings (SSSR count). The second-order valence-corrected chi connectivity index (χ2v) is 8.27. The van der Waals surface area contributed by atoms with Gasteiger partial charge in [0.2, 0.25) is 0 Å². The molecule has 0 heterocycles. The summed E-state index contributed by atoms with van der Waals surface area (Å²) in [6, 6.07) is 0. The molecule has 0 fully saturated rings. The molecular formula is C24H48O8Zr. The Balaban J connectivity index is -0.000000117. The van der Waals surface area contributed by atoms with Crippen LogP contribution in [0.4, 0.5) is 0 Å². The number of carbonyl (C=O) groups excluding carboxylic acids is 4. The second kappa shape index (κ2) is 25.7. The maximum absolute atomic E-state index is 11.4. The van der Waals surface area contributed by atoms with E-state index < -0.39 is 22.8 Å². The smallest absolute Gasteiger partial charge is 0.313 e. The van der Waals surface area contributed by atoms with Crippen molar-refractivity contribution in [2.24, 2.45) is 10.8 Å². The van der Waals surface area contributed by atoms with Crippen LogP contribution in [-0.2, 0) is 54.9 Å². The van der Waals surface area contributed by atoms with Crippen molar-refractivity contribution >= 4 is 23.5 Å². The fraction of sp³-hybridized carbons (Fsp3) is 0.833. The van der Waals surface area contributed by atoms with E-state index in [1.165, 1.54) is 14.2 Å². The zero-order valence-corrected chi connectivity index (χ0v) is 25.0. The Kier molecular flexibility index (Phi) is 32.9. The van der Waals surface area contributed by atoms with Gasteiger partial charge in [0.05, 0.1) is 14.2 Å². The van der Waals surface area contributed by atoms with Crippen LogP contribution in [0, 0.1) is 10.8 Å². The Morgan fingerprint density at radius 3 is 0.970 bits per heavy atom. The zero-order valence-electron chi connectivity index (χ0n) is 22.5. The fourth-order valence-corrected chi connectivity index (χ4v) is 1.28. The number of ether oxygens (including phenoxy) is 2. The van der Waals surface area contributed by atoms with Crippen molar-refractivity contribution in [3.05, 3.63) is 0 Å². The van der Waals surface area contributed by atoms with Crippen molar-refractivity contribution in [3.63, 3.8) is 0 Å². The third-order valence-electron chi connectivity index (χ3n) is 4.79. The standard InChI is InChI=1S/2C9H16O3.2C3H8O.Zr/c2*1-5-9(2,3)7(10)6-8(11)12-4;2*1-2-3-4;/h2*5-6H2,1-4H3;2*4H,2-3H2,1H3;. The number of carbonyl (C=O) groups is 4. The van der Waals surface area contributed by atoms with E-state index in [4.69, 9.17) is 10.2 Å². The molecule has 0 aromatic carbocycles. The van der Waals surface area contributed by atoms with Gasteiger partial charge in [-0.2, -0.15) is 0 Å². The van der Waals surface area contributed by atoms with E-state index in [9.17, 15) is 19.2 Å². The molecule has 0 radical (unpaired) electrons. The average molecular weight is 556 g/mol. The third kappa shape index (κ3) is 27.2. The molecule has 0 aliphatic heterocycles. The van der Waals surface area contributed by atoms with Crippen LogP contribution < -0.4 is 0 Å². The van der Waals surface area contributed by atoms with E-state index in [1.807, 2.05) is 55.4 Å². The van der Waals surface area contributed by atoms with Crippen molar-refractivity contribution in [1.29, 1.82) is 0 Å². The molecule has 0 spiro atoms. The molecule has 9 heteroatoms. The van der Waals surface area contributed by atoms with Crippen molar-refractivity contribution in [2.45, 2.75) is 93.9 Å². The molecule has 0 aliphatic rings. The van der Waals surface area contributed by atoms with Gasteiger partial charge in [-0.15, -0.1) is 0 Å². The van der Waals surface area contributed by atoms with Gasteiger partial charge < -0.3 is 19.7 Å². The number of Topliss-reactive ketones (excluding diaryl/α,β-unsaturated/α-hetero) is 2. The minimum absolute atomic E-state index is 0. The Morgan fingerprint density at radius 2 is 0.848 bits per heavy atom. The number of aliphatic hydroxyl groups is 2. The molecule has 0 aromatic rings. The number of ketones is 2. The minimum Gasteiger partial charge on any atom is -0.469 e. The first-order chi connectivity index (χ1) is 14.7. The summed E-state index contributed by atoms with van der Waals surface area (Å²) in [5.41, 5.74) is -0.817. The SMILES string of the molecule is CCC(C)(C)C(=O)CC(=O)OC.CCC(C)(C)C(=O)CC(=O)OC.CCCO.CCCO.[Zr]. The van der Waals surface area contributed by atoms with Gasteiger partial charge in [-0.05, 0) is 25.7 Å². The summed E-state index contributed by atoms with van der Waals surface area (Å²) >= 11 is 0. The first kappa shape index (κ1) is 42.3. The quantitative estimate of drug-likeness (QED) is 0.307. The molecule has 0 aromatic heterocycles.